The number of carbonyl (C=O) groups excluding carboxylic acids is 2. The Kier molecular flexibility index (Phi) is 3.24. The van der Waals surface area contributed by atoms with Crippen molar-refractivity contribution in [2.45, 2.75) is 6.92 Å². The molecule has 1 aromatic rings. The van der Waals surface area contributed by atoms with Gasteiger partial charge >= 0.3 is 5.97 Å². The maximum absolute atomic E-state index is 11.8. The van der Waals surface area contributed by atoms with Crippen LogP contribution >= 0.6 is 11.8 Å². The van der Waals surface area contributed by atoms with Gasteiger partial charge in [-0.3, -0.25) is 19.3 Å². The van der Waals surface area contributed by atoms with Crippen LogP contribution in [-0.4, -0.2) is 33.7 Å². The Balaban J connectivity index is 2.22. The monoisotopic (exact) mass is 267 g/mol. The average Bonchev–Trinajstić information content (AvgIpc) is 2.78. The molecule has 1 aliphatic heterocycles. The summed E-state index contributed by atoms with van der Waals surface area (Å²) < 4.78 is 5.26. The second-order valence-electron chi connectivity index (χ2n) is 3.61. The summed E-state index contributed by atoms with van der Waals surface area (Å²) in [6.45, 7) is 1.13. The third kappa shape index (κ3) is 2.45. The Morgan fingerprint density at radius 2 is 2.22 bits per heavy atom. The molecule has 0 atom stereocenters. The van der Waals surface area contributed by atoms with Gasteiger partial charge < -0.3 is 9.52 Å². The summed E-state index contributed by atoms with van der Waals surface area (Å²) in [6.07, 6.45) is 1.43. The zero-order valence-corrected chi connectivity index (χ0v) is 10.2. The van der Waals surface area contributed by atoms with E-state index < -0.39 is 23.7 Å². The molecule has 1 aliphatic rings. The molecule has 0 saturated carbocycles. The van der Waals surface area contributed by atoms with Crippen molar-refractivity contribution < 1.29 is 23.9 Å². The minimum absolute atomic E-state index is 0.163. The summed E-state index contributed by atoms with van der Waals surface area (Å²) in [5.41, 5.74) is 0. The van der Waals surface area contributed by atoms with Gasteiger partial charge in [0.2, 0.25) is 0 Å². The number of imide groups is 1. The van der Waals surface area contributed by atoms with E-state index in [1.54, 1.807) is 19.1 Å². The highest BCUT2D eigenvalue weighted by atomic mass is 32.2. The van der Waals surface area contributed by atoms with Crippen LogP contribution in [0.4, 0.5) is 4.79 Å². The number of thioether (sulfide) groups is 1. The lowest BCUT2D eigenvalue weighted by atomic mass is 10.3. The van der Waals surface area contributed by atoms with Gasteiger partial charge in [-0.2, -0.15) is 0 Å². The highest BCUT2D eigenvalue weighted by molar-refractivity contribution is 8.18. The number of amides is 2. The van der Waals surface area contributed by atoms with Crippen LogP contribution in [-0.2, 0) is 9.59 Å². The molecule has 7 heteroatoms. The van der Waals surface area contributed by atoms with Crippen LogP contribution in [0, 0.1) is 6.92 Å². The molecule has 94 valence electrons. The number of nitrogens with zero attached hydrogens (tertiary/aromatic N) is 1. The van der Waals surface area contributed by atoms with Crippen molar-refractivity contribution in [3.8, 4) is 0 Å². The largest absolute Gasteiger partial charge is 0.480 e. The molecule has 6 nitrogen and oxygen atoms in total. The normalized spacial score (nSPS) is 17.8. The lowest BCUT2D eigenvalue weighted by Crippen LogP contribution is -2.33. The summed E-state index contributed by atoms with van der Waals surface area (Å²) in [5, 5.41) is 8.01. The smallest absolute Gasteiger partial charge is 0.323 e. The molecule has 0 unspecified atom stereocenters. The number of aryl methyl sites for hydroxylation is 1. The molecule has 0 bridgehead atoms. The summed E-state index contributed by atoms with van der Waals surface area (Å²) in [7, 11) is 0. The third-order valence-electron chi connectivity index (χ3n) is 2.20. The van der Waals surface area contributed by atoms with Gasteiger partial charge in [-0.25, -0.2) is 0 Å². The lowest BCUT2D eigenvalue weighted by molar-refractivity contribution is -0.140. The van der Waals surface area contributed by atoms with E-state index in [0.717, 1.165) is 0 Å². The van der Waals surface area contributed by atoms with Gasteiger partial charge in [0.1, 0.15) is 18.1 Å². The van der Waals surface area contributed by atoms with Gasteiger partial charge in [-0.1, -0.05) is 0 Å². The van der Waals surface area contributed by atoms with E-state index in [1.807, 2.05) is 0 Å². The fraction of sp³-hybridized carbons (Fsp3) is 0.182. The van der Waals surface area contributed by atoms with Gasteiger partial charge in [0.05, 0.1) is 4.91 Å². The number of rotatable bonds is 3. The summed E-state index contributed by atoms with van der Waals surface area (Å²) in [6, 6.07) is 3.40. The minimum atomic E-state index is -1.23. The second kappa shape index (κ2) is 4.69. The molecule has 2 amide bonds. The van der Waals surface area contributed by atoms with E-state index >= 15 is 0 Å². The first-order valence-electron chi connectivity index (χ1n) is 5.01. The van der Waals surface area contributed by atoms with Crippen molar-refractivity contribution in [2.24, 2.45) is 0 Å². The Bertz CT molecular complexity index is 560. The van der Waals surface area contributed by atoms with E-state index in [0.29, 0.717) is 28.2 Å². The first-order chi connectivity index (χ1) is 8.47. The van der Waals surface area contributed by atoms with Crippen molar-refractivity contribution in [3.63, 3.8) is 0 Å². The molecule has 0 aromatic carbocycles. The zero-order valence-electron chi connectivity index (χ0n) is 9.37. The molecule has 18 heavy (non-hydrogen) atoms. The number of carbonyl (C=O) groups is 3. The third-order valence-corrected chi connectivity index (χ3v) is 3.11. The van der Waals surface area contributed by atoms with E-state index in [4.69, 9.17) is 9.52 Å². The van der Waals surface area contributed by atoms with E-state index in [2.05, 4.69) is 0 Å². The van der Waals surface area contributed by atoms with Crippen molar-refractivity contribution in [1.82, 2.24) is 4.90 Å². The van der Waals surface area contributed by atoms with Gasteiger partial charge in [0, 0.05) is 6.08 Å². The number of furan rings is 1. The summed E-state index contributed by atoms with van der Waals surface area (Å²) >= 11 is 0.703. The fourth-order valence-electron chi connectivity index (χ4n) is 1.43. The zero-order chi connectivity index (χ0) is 13.3. The van der Waals surface area contributed by atoms with Gasteiger partial charge in [0.25, 0.3) is 11.1 Å². The van der Waals surface area contributed by atoms with E-state index in [9.17, 15) is 14.4 Å². The molecule has 1 saturated heterocycles. The topological polar surface area (TPSA) is 87.8 Å². The van der Waals surface area contributed by atoms with Crippen LogP contribution in [0.3, 0.4) is 0 Å². The minimum Gasteiger partial charge on any atom is -0.480 e. The number of hydrogen-bond donors (Lipinski definition) is 1. The molecule has 1 N–H and O–H groups in total. The molecule has 1 fully saturated rings. The highest BCUT2D eigenvalue weighted by Crippen LogP contribution is 2.32. The first kappa shape index (κ1) is 12.4. The molecule has 2 rings (SSSR count). The van der Waals surface area contributed by atoms with E-state index in [-0.39, 0.29) is 4.91 Å². The Hall–Kier alpha value is -2.02. The molecule has 0 spiro atoms. The van der Waals surface area contributed by atoms with Crippen molar-refractivity contribution >= 4 is 35.0 Å². The van der Waals surface area contributed by atoms with Crippen LogP contribution in [0.1, 0.15) is 11.5 Å². The fourth-order valence-corrected chi connectivity index (χ4v) is 2.25. The maximum atomic E-state index is 11.8. The quantitative estimate of drug-likeness (QED) is 0.839. The van der Waals surface area contributed by atoms with Crippen molar-refractivity contribution in [1.29, 1.82) is 0 Å². The second-order valence-corrected chi connectivity index (χ2v) is 4.60. The number of carboxylic acid groups (broad SMARTS) is 1. The molecular weight excluding hydrogens is 258 g/mol. The van der Waals surface area contributed by atoms with Crippen LogP contribution in [0.2, 0.25) is 0 Å². The number of hydrogen-bond acceptors (Lipinski definition) is 5. The highest BCUT2D eigenvalue weighted by Gasteiger charge is 2.36. The standard InChI is InChI=1S/C11H9NO5S/c1-6-2-3-7(17-6)4-8-10(15)12(5-9(13)14)11(16)18-8/h2-4H,5H2,1H3,(H,13,14)/b8-4-. The SMILES string of the molecule is Cc1ccc(/C=C2\SC(=O)N(CC(=O)O)C2=O)o1. The van der Waals surface area contributed by atoms with E-state index in [1.165, 1.54) is 6.08 Å². The van der Waals surface area contributed by atoms with Crippen LogP contribution in [0.25, 0.3) is 6.08 Å². The predicted octanol–water partition coefficient (Wildman–Crippen LogP) is 1.71. The Morgan fingerprint density at radius 3 is 2.78 bits per heavy atom. The molecular formula is C11H9NO5S. The van der Waals surface area contributed by atoms with Crippen LogP contribution in [0.15, 0.2) is 21.5 Å². The van der Waals surface area contributed by atoms with Crippen molar-refractivity contribution in [3.05, 3.63) is 28.6 Å². The van der Waals surface area contributed by atoms with Crippen LogP contribution < -0.4 is 0 Å². The molecule has 0 aliphatic carbocycles. The maximum Gasteiger partial charge on any atom is 0.323 e. The van der Waals surface area contributed by atoms with Gasteiger partial charge in [0.15, 0.2) is 0 Å². The molecule has 2 heterocycles. The Morgan fingerprint density at radius 1 is 1.50 bits per heavy atom. The average molecular weight is 267 g/mol. The summed E-state index contributed by atoms with van der Waals surface area (Å²) in [4.78, 5) is 34.6. The molecule has 1 aromatic heterocycles. The number of carboxylic acids is 1. The van der Waals surface area contributed by atoms with Crippen molar-refractivity contribution in [2.75, 3.05) is 6.54 Å². The van der Waals surface area contributed by atoms with Gasteiger partial charge in [-0.15, -0.1) is 0 Å². The lowest BCUT2D eigenvalue weighted by Gasteiger charge is -2.07. The number of aliphatic carboxylic acids is 1. The van der Waals surface area contributed by atoms with Gasteiger partial charge in [-0.05, 0) is 30.8 Å². The van der Waals surface area contributed by atoms with Crippen LogP contribution in [0.5, 0.6) is 0 Å². The Labute approximate surface area is 106 Å². The predicted molar refractivity (Wildman–Crippen MR) is 63.8 cm³/mol. The first-order valence-corrected chi connectivity index (χ1v) is 5.82. The summed E-state index contributed by atoms with van der Waals surface area (Å²) in [5.74, 6) is -0.701. The molecule has 0 radical (unpaired) electrons.